The number of hydrogen-bond donors (Lipinski definition) is 1. The van der Waals surface area contributed by atoms with Crippen molar-refractivity contribution in [2.45, 2.75) is 26.3 Å². The first-order valence-corrected chi connectivity index (χ1v) is 12.0. The molecule has 2 heterocycles. The first-order chi connectivity index (χ1) is 16.4. The van der Waals surface area contributed by atoms with Gasteiger partial charge in [-0.25, -0.2) is 4.79 Å². The average Bonchev–Trinajstić information content (AvgIpc) is 3.47. The highest BCUT2D eigenvalue weighted by molar-refractivity contribution is 7.10. The Labute approximate surface area is 202 Å². The van der Waals surface area contributed by atoms with Gasteiger partial charge in [-0.2, -0.15) is 0 Å². The molecule has 1 fully saturated rings. The second-order valence-electron chi connectivity index (χ2n) is 8.16. The summed E-state index contributed by atoms with van der Waals surface area (Å²) in [7, 11) is 1.63. The van der Waals surface area contributed by atoms with E-state index in [1.54, 1.807) is 43.1 Å². The molecule has 3 amide bonds. The summed E-state index contributed by atoms with van der Waals surface area (Å²) in [6.45, 7) is 4.04. The Morgan fingerprint density at radius 1 is 1.12 bits per heavy atom. The number of carbonyl (C=O) groups excluding carboxylic acids is 3. The molecule has 0 radical (unpaired) electrons. The topological polar surface area (TPSA) is 79.0 Å². The first kappa shape index (κ1) is 23.5. The van der Waals surface area contributed by atoms with E-state index in [-0.39, 0.29) is 24.3 Å². The Morgan fingerprint density at radius 2 is 1.82 bits per heavy atom. The number of nitrogens with zero attached hydrogens (tertiary/aromatic N) is 2. The van der Waals surface area contributed by atoms with Crippen LogP contribution in [0.2, 0.25) is 0 Å². The maximum atomic E-state index is 13.3. The zero-order valence-corrected chi connectivity index (χ0v) is 20.2. The number of thiophene rings is 1. The van der Waals surface area contributed by atoms with Gasteiger partial charge in [0.1, 0.15) is 0 Å². The number of anilines is 3. The molecule has 0 bridgehead atoms. The van der Waals surface area contributed by atoms with Crippen molar-refractivity contribution in [1.82, 2.24) is 0 Å². The minimum absolute atomic E-state index is 0.0752. The second kappa shape index (κ2) is 10.1. The van der Waals surface area contributed by atoms with Crippen LogP contribution in [0.15, 0.2) is 66.0 Å². The van der Waals surface area contributed by atoms with Gasteiger partial charge in [-0.05, 0) is 61.7 Å². The van der Waals surface area contributed by atoms with Gasteiger partial charge in [-0.1, -0.05) is 23.8 Å². The molecule has 8 heteroatoms. The highest BCUT2D eigenvalue weighted by Gasteiger charge is 2.45. The number of ether oxygens (including phenoxy) is 1. The standard InChI is InChI=1S/C26H27N3O4S/c1-4-33-26(32)28(3)19-13-9-18(10-14-19)27-25(31)21-16-23(30)29(20-11-7-17(2)8-12-20)24(21)22-6-5-15-34-22/h5-15,21,24H,4,16H2,1-3H3,(H,27,31). The van der Waals surface area contributed by atoms with Crippen LogP contribution in [0.25, 0.3) is 0 Å². The third-order valence-electron chi connectivity index (χ3n) is 5.87. The lowest BCUT2D eigenvalue weighted by Crippen LogP contribution is -2.32. The van der Waals surface area contributed by atoms with E-state index in [4.69, 9.17) is 4.74 Å². The van der Waals surface area contributed by atoms with Crippen molar-refractivity contribution in [2.75, 3.05) is 28.8 Å². The maximum absolute atomic E-state index is 13.3. The molecule has 1 aliphatic rings. The van der Waals surface area contributed by atoms with Crippen molar-refractivity contribution < 1.29 is 19.1 Å². The summed E-state index contributed by atoms with van der Waals surface area (Å²) in [6, 6.07) is 18.3. The quantitative estimate of drug-likeness (QED) is 0.517. The molecule has 2 unspecified atom stereocenters. The lowest BCUT2D eigenvalue weighted by atomic mass is 9.97. The van der Waals surface area contributed by atoms with Gasteiger partial charge in [0.15, 0.2) is 0 Å². The number of amides is 3. The number of nitrogens with one attached hydrogen (secondary N) is 1. The van der Waals surface area contributed by atoms with E-state index in [1.165, 1.54) is 16.2 Å². The van der Waals surface area contributed by atoms with Gasteiger partial charge in [0.2, 0.25) is 11.8 Å². The van der Waals surface area contributed by atoms with E-state index in [2.05, 4.69) is 5.32 Å². The number of benzene rings is 2. The molecular formula is C26H27N3O4S. The summed E-state index contributed by atoms with van der Waals surface area (Å²) in [5, 5.41) is 4.91. The van der Waals surface area contributed by atoms with E-state index in [9.17, 15) is 14.4 Å². The van der Waals surface area contributed by atoms with Crippen molar-refractivity contribution in [2.24, 2.45) is 5.92 Å². The summed E-state index contributed by atoms with van der Waals surface area (Å²) in [5.74, 6) is -0.823. The summed E-state index contributed by atoms with van der Waals surface area (Å²) < 4.78 is 5.01. The predicted octanol–water partition coefficient (Wildman–Crippen LogP) is 5.38. The van der Waals surface area contributed by atoms with E-state index in [1.807, 2.05) is 48.7 Å². The van der Waals surface area contributed by atoms with Gasteiger partial charge in [-0.3, -0.25) is 14.5 Å². The normalized spacial score (nSPS) is 17.5. The molecule has 0 spiro atoms. The van der Waals surface area contributed by atoms with E-state index in [0.717, 1.165) is 16.1 Å². The monoisotopic (exact) mass is 477 g/mol. The van der Waals surface area contributed by atoms with Gasteiger partial charge in [-0.15, -0.1) is 11.3 Å². The van der Waals surface area contributed by atoms with E-state index >= 15 is 0 Å². The fourth-order valence-corrected chi connectivity index (χ4v) is 4.97. The van der Waals surface area contributed by atoms with Gasteiger partial charge >= 0.3 is 6.09 Å². The summed E-state index contributed by atoms with van der Waals surface area (Å²) >= 11 is 1.54. The first-order valence-electron chi connectivity index (χ1n) is 11.1. The number of carbonyl (C=O) groups is 3. The molecule has 1 saturated heterocycles. The largest absolute Gasteiger partial charge is 0.449 e. The smallest absolute Gasteiger partial charge is 0.413 e. The third kappa shape index (κ3) is 4.82. The van der Waals surface area contributed by atoms with Crippen molar-refractivity contribution in [3.8, 4) is 0 Å². The van der Waals surface area contributed by atoms with E-state index < -0.39 is 12.0 Å². The van der Waals surface area contributed by atoms with Crippen molar-refractivity contribution in [3.05, 3.63) is 76.5 Å². The van der Waals surface area contributed by atoms with Crippen LogP contribution in [-0.2, 0) is 14.3 Å². The van der Waals surface area contributed by atoms with Crippen molar-refractivity contribution >= 4 is 46.3 Å². The zero-order chi connectivity index (χ0) is 24.2. The minimum Gasteiger partial charge on any atom is -0.449 e. The zero-order valence-electron chi connectivity index (χ0n) is 19.4. The van der Waals surface area contributed by atoms with Gasteiger partial charge in [0, 0.05) is 35.4 Å². The van der Waals surface area contributed by atoms with Gasteiger partial charge < -0.3 is 15.0 Å². The molecule has 3 aromatic rings. The molecule has 1 aliphatic heterocycles. The van der Waals surface area contributed by atoms with Crippen LogP contribution in [0, 0.1) is 12.8 Å². The minimum atomic E-state index is -0.533. The average molecular weight is 478 g/mol. The maximum Gasteiger partial charge on any atom is 0.413 e. The number of aryl methyl sites for hydroxylation is 1. The predicted molar refractivity (Wildman–Crippen MR) is 134 cm³/mol. The number of rotatable bonds is 6. The Bertz CT molecular complexity index is 1160. The highest BCUT2D eigenvalue weighted by atomic mass is 32.1. The summed E-state index contributed by atoms with van der Waals surface area (Å²) in [4.78, 5) is 42.4. The Hall–Kier alpha value is -3.65. The van der Waals surface area contributed by atoms with Crippen molar-refractivity contribution in [3.63, 3.8) is 0 Å². The lowest BCUT2D eigenvalue weighted by Gasteiger charge is -2.27. The van der Waals surface area contributed by atoms with Crippen LogP contribution < -0.4 is 15.1 Å². The molecule has 176 valence electrons. The molecule has 34 heavy (non-hydrogen) atoms. The van der Waals surface area contributed by atoms with Crippen LogP contribution in [0.4, 0.5) is 21.9 Å². The molecule has 2 atom stereocenters. The van der Waals surface area contributed by atoms with E-state index in [0.29, 0.717) is 18.0 Å². The molecule has 7 nitrogen and oxygen atoms in total. The van der Waals surface area contributed by atoms with Crippen LogP contribution in [-0.4, -0.2) is 31.6 Å². The third-order valence-corrected chi connectivity index (χ3v) is 6.81. The number of hydrogen-bond acceptors (Lipinski definition) is 5. The highest BCUT2D eigenvalue weighted by Crippen LogP contribution is 2.43. The SMILES string of the molecule is CCOC(=O)N(C)c1ccc(NC(=O)C2CC(=O)N(c3ccc(C)cc3)C2c2cccs2)cc1. The lowest BCUT2D eigenvalue weighted by molar-refractivity contribution is -0.122. The molecule has 0 saturated carbocycles. The van der Waals surface area contributed by atoms with Crippen LogP contribution in [0.5, 0.6) is 0 Å². The summed E-state index contributed by atoms with van der Waals surface area (Å²) in [6.07, 6.45) is -0.315. The second-order valence-corrected chi connectivity index (χ2v) is 9.14. The molecular weight excluding hydrogens is 450 g/mol. The Kier molecular flexibility index (Phi) is 6.98. The molecule has 4 rings (SSSR count). The molecule has 1 aromatic heterocycles. The van der Waals surface area contributed by atoms with Crippen LogP contribution in [0.1, 0.15) is 29.8 Å². The van der Waals surface area contributed by atoms with Crippen LogP contribution >= 0.6 is 11.3 Å². The fraction of sp³-hybridized carbons (Fsp3) is 0.269. The Morgan fingerprint density at radius 3 is 2.44 bits per heavy atom. The van der Waals surface area contributed by atoms with Gasteiger partial charge in [0.25, 0.3) is 0 Å². The summed E-state index contributed by atoms with van der Waals surface area (Å²) in [5.41, 5.74) is 3.14. The molecule has 0 aliphatic carbocycles. The van der Waals surface area contributed by atoms with Crippen LogP contribution in [0.3, 0.4) is 0 Å². The van der Waals surface area contributed by atoms with Crippen molar-refractivity contribution in [1.29, 1.82) is 0 Å². The fourth-order valence-electron chi connectivity index (χ4n) is 4.09. The Balaban J connectivity index is 1.54. The van der Waals surface area contributed by atoms with Gasteiger partial charge in [0.05, 0.1) is 18.6 Å². The molecule has 1 N–H and O–H groups in total. The molecule has 2 aromatic carbocycles.